The summed E-state index contributed by atoms with van der Waals surface area (Å²) >= 11 is 1.55. The summed E-state index contributed by atoms with van der Waals surface area (Å²) < 4.78 is 0. The molecule has 0 spiro atoms. The fourth-order valence-electron chi connectivity index (χ4n) is 3.29. The molecule has 26 heavy (non-hydrogen) atoms. The van der Waals surface area contributed by atoms with Gasteiger partial charge in [-0.3, -0.25) is 9.59 Å². The van der Waals surface area contributed by atoms with Crippen LogP contribution in [0.25, 0.3) is 10.4 Å². The number of nitrogens with one attached hydrogen (secondary N) is 1. The summed E-state index contributed by atoms with van der Waals surface area (Å²) in [5.74, 6) is 0.0128. The van der Waals surface area contributed by atoms with Crippen molar-refractivity contribution in [2.75, 3.05) is 16.8 Å². The van der Waals surface area contributed by atoms with Crippen LogP contribution in [0.4, 0.5) is 10.7 Å². The highest BCUT2D eigenvalue weighted by Gasteiger charge is 2.26. The molecule has 1 N–H and O–H groups in total. The molecule has 130 valence electrons. The van der Waals surface area contributed by atoms with Crippen molar-refractivity contribution in [2.45, 2.75) is 13.3 Å². The number of rotatable bonds is 3. The number of amides is 2. The number of carbonyl (C=O) groups excluding carboxylic acids is 2. The van der Waals surface area contributed by atoms with Gasteiger partial charge in [-0.15, -0.1) is 11.3 Å². The van der Waals surface area contributed by atoms with Crippen molar-refractivity contribution in [1.82, 2.24) is 0 Å². The van der Waals surface area contributed by atoms with Crippen LogP contribution in [0.3, 0.4) is 0 Å². The van der Waals surface area contributed by atoms with Crippen LogP contribution < -0.4 is 10.2 Å². The monoisotopic (exact) mass is 362 g/mol. The van der Waals surface area contributed by atoms with Gasteiger partial charge in [0, 0.05) is 22.5 Å². The summed E-state index contributed by atoms with van der Waals surface area (Å²) in [5, 5.41) is 3.57. The van der Waals surface area contributed by atoms with Crippen molar-refractivity contribution in [3.05, 3.63) is 71.3 Å². The summed E-state index contributed by atoms with van der Waals surface area (Å²) in [7, 11) is 0. The largest absolute Gasteiger partial charge is 0.320 e. The number of thiophene rings is 1. The van der Waals surface area contributed by atoms with Gasteiger partial charge in [0.15, 0.2) is 0 Å². The predicted molar refractivity (Wildman–Crippen MR) is 106 cm³/mol. The van der Waals surface area contributed by atoms with E-state index < -0.39 is 0 Å². The van der Waals surface area contributed by atoms with Crippen molar-refractivity contribution in [3.8, 4) is 10.4 Å². The second-order valence-electron chi connectivity index (χ2n) is 6.32. The summed E-state index contributed by atoms with van der Waals surface area (Å²) in [6, 6.07) is 17.7. The third kappa shape index (κ3) is 2.91. The molecule has 2 amide bonds. The zero-order valence-electron chi connectivity index (χ0n) is 14.4. The highest BCUT2D eigenvalue weighted by Crippen LogP contribution is 2.43. The van der Waals surface area contributed by atoms with Gasteiger partial charge in [0.2, 0.25) is 6.41 Å². The van der Waals surface area contributed by atoms with E-state index in [0.717, 1.165) is 38.7 Å². The van der Waals surface area contributed by atoms with E-state index in [0.29, 0.717) is 18.5 Å². The molecule has 0 saturated carbocycles. The van der Waals surface area contributed by atoms with Crippen LogP contribution in [-0.4, -0.2) is 18.9 Å². The first-order valence-corrected chi connectivity index (χ1v) is 9.30. The van der Waals surface area contributed by atoms with E-state index >= 15 is 0 Å². The minimum Gasteiger partial charge on any atom is -0.320 e. The van der Waals surface area contributed by atoms with E-state index in [-0.39, 0.29) is 5.91 Å². The molecule has 0 bridgehead atoms. The standard InChI is InChI=1S/C21H18N2O2S/c1-14-6-8-15(9-7-14)21(25)23-11-10-16-12-19(22-13-24)26-20(16)17-4-2-3-5-18(17)23/h2-9,12-13H,10-11H2,1H3,(H,22,24). The third-order valence-electron chi connectivity index (χ3n) is 4.60. The Morgan fingerprint density at radius 3 is 2.69 bits per heavy atom. The number of carbonyl (C=O) groups is 2. The molecular formula is C21H18N2O2S. The van der Waals surface area contributed by atoms with Crippen LogP contribution in [0.1, 0.15) is 21.5 Å². The van der Waals surface area contributed by atoms with Gasteiger partial charge in [0.05, 0.1) is 10.7 Å². The predicted octanol–water partition coefficient (Wildman–Crippen LogP) is 4.49. The number of benzene rings is 2. The quantitative estimate of drug-likeness (QED) is 0.698. The maximum atomic E-state index is 13.1. The van der Waals surface area contributed by atoms with Crippen LogP contribution in [0.5, 0.6) is 0 Å². The van der Waals surface area contributed by atoms with E-state index in [1.54, 1.807) is 11.3 Å². The topological polar surface area (TPSA) is 49.4 Å². The smallest absolute Gasteiger partial charge is 0.258 e. The van der Waals surface area contributed by atoms with Crippen LogP contribution in [0, 0.1) is 6.92 Å². The van der Waals surface area contributed by atoms with E-state index in [9.17, 15) is 9.59 Å². The molecule has 1 aliphatic rings. The Hall–Kier alpha value is -2.92. The fraction of sp³-hybridized carbons (Fsp3) is 0.143. The Morgan fingerprint density at radius 2 is 1.92 bits per heavy atom. The number of fused-ring (bicyclic) bond motifs is 3. The first-order valence-electron chi connectivity index (χ1n) is 8.48. The van der Waals surface area contributed by atoms with Crippen molar-refractivity contribution in [3.63, 3.8) is 0 Å². The summed E-state index contributed by atoms with van der Waals surface area (Å²) in [6.45, 7) is 2.62. The summed E-state index contributed by atoms with van der Waals surface area (Å²) in [4.78, 5) is 26.9. The zero-order chi connectivity index (χ0) is 18.1. The summed E-state index contributed by atoms with van der Waals surface area (Å²) in [6.07, 6.45) is 1.45. The molecule has 0 fully saturated rings. The Morgan fingerprint density at radius 1 is 1.15 bits per heavy atom. The normalized spacial score (nSPS) is 12.7. The first kappa shape index (κ1) is 16.5. The van der Waals surface area contributed by atoms with Gasteiger partial charge < -0.3 is 10.2 Å². The average Bonchev–Trinajstić information content (AvgIpc) is 2.99. The highest BCUT2D eigenvalue weighted by molar-refractivity contribution is 7.19. The fourth-order valence-corrected chi connectivity index (χ4v) is 4.39. The number of nitrogens with zero attached hydrogens (tertiary/aromatic N) is 1. The molecule has 0 saturated heterocycles. The first-order chi connectivity index (χ1) is 12.7. The molecule has 1 aromatic heterocycles. The minimum atomic E-state index is 0.0128. The van der Waals surface area contributed by atoms with E-state index in [1.807, 2.05) is 66.4 Å². The van der Waals surface area contributed by atoms with Crippen LogP contribution in [-0.2, 0) is 11.2 Å². The molecule has 4 rings (SSSR count). The second kappa shape index (κ2) is 6.77. The van der Waals surface area contributed by atoms with Gasteiger partial charge in [-0.2, -0.15) is 0 Å². The molecule has 0 atom stereocenters. The number of hydrogen-bond acceptors (Lipinski definition) is 3. The molecule has 0 aliphatic carbocycles. The van der Waals surface area contributed by atoms with Crippen molar-refractivity contribution < 1.29 is 9.59 Å². The number of para-hydroxylation sites is 1. The molecule has 0 radical (unpaired) electrons. The van der Waals surface area contributed by atoms with Gasteiger partial charge in [-0.25, -0.2) is 0 Å². The molecule has 3 aromatic rings. The number of anilines is 2. The average molecular weight is 362 g/mol. The highest BCUT2D eigenvalue weighted by atomic mass is 32.1. The van der Waals surface area contributed by atoms with Crippen molar-refractivity contribution in [2.24, 2.45) is 0 Å². The minimum absolute atomic E-state index is 0.0128. The maximum Gasteiger partial charge on any atom is 0.258 e. The SMILES string of the molecule is Cc1ccc(C(=O)N2CCc3cc(NC=O)sc3-c3ccccc32)cc1. The lowest BCUT2D eigenvalue weighted by Crippen LogP contribution is -2.32. The Bertz CT molecular complexity index is 976. The molecule has 1 aliphatic heterocycles. The van der Waals surface area contributed by atoms with Gasteiger partial charge in [-0.1, -0.05) is 35.9 Å². The van der Waals surface area contributed by atoms with Gasteiger partial charge in [-0.05, 0) is 43.2 Å². The third-order valence-corrected chi connectivity index (χ3v) is 5.74. The Balaban J connectivity index is 1.77. The van der Waals surface area contributed by atoms with E-state index in [2.05, 4.69) is 5.32 Å². The van der Waals surface area contributed by atoms with Crippen molar-refractivity contribution >= 4 is 34.3 Å². The summed E-state index contributed by atoms with van der Waals surface area (Å²) in [5.41, 5.74) is 4.93. The van der Waals surface area contributed by atoms with Crippen LogP contribution in [0.15, 0.2) is 54.6 Å². The molecule has 2 aromatic carbocycles. The zero-order valence-corrected chi connectivity index (χ0v) is 15.2. The molecular weight excluding hydrogens is 344 g/mol. The van der Waals surface area contributed by atoms with E-state index in [1.165, 1.54) is 0 Å². The maximum absolute atomic E-state index is 13.1. The Labute approximate surface area is 156 Å². The lowest BCUT2D eigenvalue weighted by molar-refractivity contribution is -0.105. The molecule has 2 heterocycles. The van der Waals surface area contributed by atoms with Crippen LogP contribution in [0.2, 0.25) is 0 Å². The number of aryl methyl sites for hydroxylation is 1. The van der Waals surface area contributed by atoms with Crippen molar-refractivity contribution in [1.29, 1.82) is 0 Å². The molecule has 4 nitrogen and oxygen atoms in total. The van der Waals surface area contributed by atoms with Crippen LogP contribution >= 0.6 is 11.3 Å². The lowest BCUT2D eigenvalue weighted by atomic mass is 10.1. The Kier molecular flexibility index (Phi) is 4.31. The lowest BCUT2D eigenvalue weighted by Gasteiger charge is -2.23. The number of hydrogen-bond donors (Lipinski definition) is 1. The second-order valence-corrected chi connectivity index (χ2v) is 7.37. The van der Waals surface area contributed by atoms with E-state index in [4.69, 9.17) is 0 Å². The molecule has 0 unspecified atom stereocenters. The molecule has 5 heteroatoms. The van der Waals surface area contributed by atoms with Gasteiger partial charge >= 0.3 is 0 Å². The van der Waals surface area contributed by atoms with Gasteiger partial charge in [0.25, 0.3) is 5.91 Å². The van der Waals surface area contributed by atoms with Gasteiger partial charge in [0.1, 0.15) is 0 Å².